The molecule has 0 aliphatic rings. The van der Waals surface area contributed by atoms with E-state index in [2.05, 4.69) is 9.97 Å². The van der Waals surface area contributed by atoms with Crippen LogP contribution in [0.5, 0.6) is 11.6 Å². The van der Waals surface area contributed by atoms with Crippen molar-refractivity contribution in [1.29, 1.82) is 0 Å². The highest BCUT2D eigenvalue weighted by atomic mass is 19.1. The Morgan fingerprint density at radius 3 is 2.72 bits per heavy atom. The molecule has 0 fully saturated rings. The van der Waals surface area contributed by atoms with Gasteiger partial charge in [-0.15, -0.1) is 0 Å². The third kappa shape index (κ3) is 2.32. The van der Waals surface area contributed by atoms with E-state index in [1.165, 1.54) is 12.4 Å². The molecule has 1 aromatic carbocycles. The largest absolute Gasteiger partial charge is 0.429 e. The van der Waals surface area contributed by atoms with Crippen molar-refractivity contribution >= 4 is 11.5 Å². The molecule has 2 N–H and O–H groups in total. The molecular formula is C10H7FN4O3. The number of hydrogen-bond acceptors (Lipinski definition) is 6. The van der Waals surface area contributed by atoms with Crippen LogP contribution in [0.25, 0.3) is 0 Å². The fraction of sp³-hybridized carbons (Fsp3) is 0. The third-order valence-electron chi connectivity index (χ3n) is 2.02. The van der Waals surface area contributed by atoms with Gasteiger partial charge in [0.1, 0.15) is 5.82 Å². The fourth-order valence-corrected chi connectivity index (χ4v) is 1.24. The molecule has 1 heterocycles. The topological polar surface area (TPSA) is 104 Å². The molecule has 1 aromatic heterocycles. The lowest BCUT2D eigenvalue weighted by Crippen LogP contribution is -1.99. The predicted octanol–water partition coefficient (Wildman–Crippen LogP) is 1.90. The Kier molecular flexibility index (Phi) is 3.00. The van der Waals surface area contributed by atoms with Gasteiger partial charge in [-0.2, -0.15) is 0 Å². The first-order valence-corrected chi connectivity index (χ1v) is 4.76. The second kappa shape index (κ2) is 4.62. The second-order valence-electron chi connectivity index (χ2n) is 3.22. The molecular weight excluding hydrogens is 243 g/mol. The van der Waals surface area contributed by atoms with Crippen molar-refractivity contribution in [3.8, 4) is 11.6 Å². The molecule has 18 heavy (non-hydrogen) atoms. The molecule has 0 aliphatic heterocycles. The highest BCUT2D eigenvalue weighted by molar-refractivity contribution is 5.50. The number of benzene rings is 1. The third-order valence-corrected chi connectivity index (χ3v) is 2.02. The van der Waals surface area contributed by atoms with E-state index < -0.39 is 16.4 Å². The average molecular weight is 250 g/mol. The Morgan fingerprint density at radius 2 is 2.06 bits per heavy atom. The SMILES string of the molecule is Nc1nccnc1Oc1ccc(F)cc1[N+](=O)[O-]. The van der Waals surface area contributed by atoms with Gasteiger partial charge in [0.2, 0.25) is 5.75 Å². The summed E-state index contributed by atoms with van der Waals surface area (Å²) in [7, 11) is 0. The number of aromatic nitrogens is 2. The number of nitrogens with zero attached hydrogens (tertiary/aromatic N) is 3. The Labute approximate surface area is 100 Å². The summed E-state index contributed by atoms with van der Waals surface area (Å²) in [5.74, 6) is -0.988. The van der Waals surface area contributed by atoms with Crippen molar-refractivity contribution in [2.24, 2.45) is 0 Å². The van der Waals surface area contributed by atoms with Gasteiger partial charge in [-0.1, -0.05) is 0 Å². The van der Waals surface area contributed by atoms with Crippen molar-refractivity contribution < 1.29 is 14.1 Å². The molecule has 7 nitrogen and oxygen atoms in total. The highest BCUT2D eigenvalue weighted by Crippen LogP contribution is 2.32. The van der Waals surface area contributed by atoms with E-state index in [4.69, 9.17) is 10.5 Å². The van der Waals surface area contributed by atoms with Gasteiger partial charge in [0.15, 0.2) is 5.82 Å². The van der Waals surface area contributed by atoms with E-state index in [0.29, 0.717) is 0 Å². The van der Waals surface area contributed by atoms with E-state index in [-0.39, 0.29) is 17.4 Å². The lowest BCUT2D eigenvalue weighted by atomic mass is 10.3. The lowest BCUT2D eigenvalue weighted by molar-refractivity contribution is -0.385. The average Bonchev–Trinajstić information content (AvgIpc) is 2.34. The Balaban J connectivity index is 2.41. The molecule has 0 unspecified atom stereocenters. The Morgan fingerprint density at radius 1 is 1.33 bits per heavy atom. The van der Waals surface area contributed by atoms with Gasteiger partial charge >= 0.3 is 5.69 Å². The number of nitrogens with two attached hydrogens (primary N) is 1. The van der Waals surface area contributed by atoms with Gasteiger partial charge < -0.3 is 10.5 Å². The summed E-state index contributed by atoms with van der Waals surface area (Å²) in [4.78, 5) is 17.5. The number of ether oxygens (including phenoxy) is 1. The molecule has 0 spiro atoms. The number of rotatable bonds is 3. The quantitative estimate of drug-likeness (QED) is 0.658. The van der Waals surface area contributed by atoms with Crippen LogP contribution in [0.4, 0.5) is 15.9 Å². The zero-order valence-electron chi connectivity index (χ0n) is 8.91. The molecule has 0 bridgehead atoms. The summed E-state index contributed by atoms with van der Waals surface area (Å²) in [6.45, 7) is 0. The Hall–Kier alpha value is -2.77. The van der Waals surface area contributed by atoms with Crippen LogP contribution in [0.3, 0.4) is 0 Å². The van der Waals surface area contributed by atoms with E-state index in [1.807, 2.05) is 0 Å². The van der Waals surface area contributed by atoms with E-state index in [9.17, 15) is 14.5 Å². The van der Waals surface area contributed by atoms with E-state index in [1.54, 1.807) is 0 Å². The van der Waals surface area contributed by atoms with Gasteiger partial charge in [-0.25, -0.2) is 14.4 Å². The lowest BCUT2D eigenvalue weighted by Gasteiger charge is -2.06. The minimum absolute atomic E-state index is 0.0175. The van der Waals surface area contributed by atoms with Gasteiger partial charge in [-0.3, -0.25) is 10.1 Å². The fourth-order valence-electron chi connectivity index (χ4n) is 1.24. The molecule has 0 radical (unpaired) electrons. The summed E-state index contributed by atoms with van der Waals surface area (Å²) < 4.78 is 18.1. The molecule has 8 heteroatoms. The van der Waals surface area contributed by atoms with Gasteiger partial charge in [0, 0.05) is 12.4 Å². The molecule has 0 atom stereocenters. The molecule has 0 saturated carbocycles. The summed E-state index contributed by atoms with van der Waals surface area (Å²) in [5.41, 5.74) is 4.97. The molecule has 0 aliphatic carbocycles. The number of nitrogen functional groups attached to an aromatic ring is 1. The Bertz CT molecular complexity index is 605. The summed E-state index contributed by atoms with van der Waals surface area (Å²) in [6, 6.07) is 2.92. The molecule has 2 aromatic rings. The monoisotopic (exact) mass is 250 g/mol. The normalized spacial score (nSPS) is 10.1. The van der Waals surface area contributed by atoms with Crippen molar-refractivity contribution in [2.45, 2.75) is 0 Å². The summed E-state index contributed by atoms with van der Waals surface area (Å²) in [6.07, 6.45) is 2.67. The zero-order chi connectivity index (χ0) is 13.1. The first-order valence-electron chi connectivity index (χ1n) is 4.76. The van der Waals surface area contributed by atoms with Crippen molar-refractivity contribution in [1.82, 2.24) is 9.97 Å². The second-order valence-corrected chi connectivity index (χ2v) is 3.22. The summed E-state index contributed by atoms with van der Waals surface area (Å²) in [5, 5.41) is 10.7. The van der Waals surface area contributed by atoms with Crippen LogP contribution in [-0.2, 0) is 0 Å². The predicted molar refractivity (Wildman–Crippen MR) is 59.6 cm³/mol. The maximum Gasteiger partial charge on any atom is 0.314 e. The zero-order valence-corrected chi connectivity index (χ0v) is 8.91. The van der Waals surface area contributed by atoms with Gasteiger partial charge in [-0.05, 0) is 12.1 Å². The number of halogens is 1. The van der Waals surface area contributed by atoms with Crippen LogP contribution in [0.15, 0.2) is 30.6 Å². The number of hydrogen-bond donors (Lipinski definition) is 1. The van der Waals surface area contributed by atoms with Crippen LogP contribution in [0.1, 0.15) is 0 Å². The van der Waals surface area contributed by atoms with Gasteiger partial charge in [0.05, 0.1) is 11.0 Å². The van der Waals surface area contributed by atoms with Crippen molar-refractivity contribution in [2.75, 3.05) is 5.73 Å². The minimum Gasteiger partial charge on any atom is -0.429 e. The smallest absolute Gasteiger partial charge is 0.314 e. The molecule has 0 saturated heterocycles. The van der Waals surface area contributed by atoms with Gasteiger partial charge in [0.25, 0.3) is 5.88 Å². The van der Waals surface area contributed by atoms with Crippen molar-refractivity contribution in [3.63, 3.8) is 0 Å². The van der Waals surface area contributed by atoms with Crippen LogP contribution < -0.4 is 10.5 Å². The van der Waals surface area contributed by atoms with E-state index in [0.717, 1.165) is 18.2 Å². The minimum atomic E-state index is -0.759. The maximum absolute atomic E-state index is 12.9. The van der Waals surface area contributed by atoms with E-state index >= 15 is 0 Å². The molecule has 0 amide bonds. The van der Waals surface area contributed by atoms with Crippen LogP contribution in [0.2, 0.25) is 0 Å². The molecule has 2 rings (SSSR count). The molecule has 92 valence electrons. The number of nitro groups is 1. The van der Waals surface area contributed by atoms with Crippen LogP contribution in [-0.4, -0.2) is 14.9 Å². The first-order chi connectivity index (χ1) is 8.58. The maximum atomic E-state index is 12.9. The standard InChI is InChI=1S/C10H7FN4O3/c11-6-1-2-8(7(5-6)15(16)17)18-10-9(12)13-3-4-14-10/h1-5H,(H2,12,13). The van der Waals surface area contributed by atoms with Crippen molar-refractivity contribution in [3.05, 3.63) is 46.5 Å². The first kappa shape index (κ1) is 11.7. The number of nitro benzene ring substituents is 1. The number of anilines is 1. The van der Waals surface area contributed by atoms with Crippen LogP contribution in [0, 0.1) is 15.9 Å². The van der Waals surface area contributed by atoms with Crippen LogP contribution >= 0.6 is 0 Å². The summed E-state index contributed by atoms with van der Waals surface area (Å²) >= 11 is 0. The highest BCUT2D eigenvalue weighted by Gasteiger charge is 2.18.